The van der Waals surface area contributed by atoms with E-state index in [9.17, 15) is 19.2 Å². The molecule has 1 saturated heterocycles. The Balaban J connectivity index is 1.35. The molecule has 2 aromatic carbocycles. The molecule has 1 aliphatic heterocycles. The molecule has 33 heavy (non-hydrogen) atoms. The summed E-state index contributed by atoms with van der Waals surface area (Å²) < 4.78 is 5.18. The van der Waals surface area contributed by atoms with Crippen LogP contribution in [0.1, 0.15) is 54.1 Å². The second-order valence-corrected chi connectivity index (χ2v) is 8.77. The van der Waals surface area contributed by atoms with E-state index in [4.69, 9.17) is 4.74 Å². The minimum absolute atomic E-state index is 0.361. The highest BCUT2D eigenvalue weighted by Gasteiger charge is 2.52. The highest BCUT2D eigenvalue weighted by molar-refractivity contribution is 6.08. The first-order valence-corrected chi connectivity index (χ1v) is 11.1. The van der Waals surface area contributed by atoms with Gasteiger partial charge in [0.2, 0.25) is 0 Å². The van der Waals surface area contributed by atoms with Gasteiger partial charge in [0.05, 0.1) is 5.56 Å². The number of benzene rings is 2. The normalized spacial score (nSPS) is 22.2. The zero-order valence-corrected chi connectivity index (χ0v) is 18.5. The Morgan fingerprint density at radius 1 is 1.06 bits per heavy atom. The molecule has 2 aliphatic rings. The molecule has 4 rings (SSSR count). The van der Waals surface area contributed by atoms with Crippen molar-refractivity contribution in [3.05, 3.63) is 71.3 Å². The highest BCUT2D eigenvalue weighted by atomic mass is 16.5. The molecule has 1 saturated carbocycles. The van der Waals surface area contributed by atoms with Crippen molar-refractivity contribution < 1.29 is 23.9 Å². The van der Waals surface area contributed by atoms with E-state index in [-0.39, 0.29) is 0 Å². The van der Waals surface area contributed by atoms with Crippen molar-refractivity contribution in [1.29, 1.82) is 0 Å². The number of hydrogen-bond donors (Lipinski definition) is 2. The van der Waals surface area contributed by atoms with E-state index in [2.05, 4.69) is 17.7 Å². The quantitative estimate of drug-likeness (QED) is 0.521. The van der Waals surface area contributed by atoms with Crippen molar-refractivity contribution in [3.63, 3.8) is 0 Å². The average Bonchev–Trinajstić information content (AvgIpc) is 3.04. The Morgan fingerprint density at radius 3 is 2.45 bits per heavy atom. The van der Waals surface area contributed by atoms with Crippen molar-refractivity contribution in [1.82, 2.24) is 15.8 Å². The molecule has 4 amide bonds. The summed E-state index contributed by atoms with van der Waals surface area (Å²) in [4.78, 5) is 50.2. The van der Waals surface area contributed by atoms with E-state index >= 15 is 0 Å². The minimum atomic E-state index is -0.954. The Hall–Kier alpha value is -3.68. The number of ether oxygens (including phenoxy) is 1. The van der Waals surface area contributed by atoms with E-state index in [0.29, 0.717) is 35.8 Å². The van der Waals surface area contributed by atoms with Crippen LogP contribution in [-0.2, 0) is 20.7 Å². The molecular weight excluding hydrogens is 422 g/mol. The molecule has 0 atom stereocenters. The fraction of sp³-hybridized carbons (Fsp3) is 0.360. The van der Waals surface area contributed by atoms with Gasteiger partial charge in [-0.2, -0.15) is 5.01 Å². The molecular formula is C25H27N3O5. The van der Waals surface area contributed by atoms with Gasteiger partial charge in [0.15, 0.2) is 6.61 Å². The second-order valence-electron chi connectivity index (χ2n) is 8.77. The Bertz CT molecular complexity index is 1060. The first kappa shape index (κ1) is 22.5. The third-order valence-electron chi connectivity index (χ3n) is 6.34. The first-order valence-electron chi connectivity index (χ1n) is 11.1. The average molecular weight is 450 g/mol. The lowest BCUT2D eigenvalue weighted by Gasteiger charge is -2.33. The molecule has 0 radical (unpaired) electrons. The molecule has 172 valence electrons. The van der Waals surface area contributed by atoms with Gasteiger partial charge in [0.1, 0.15) is 5.54 Å². The van der Waals surface area contributed by atoms with Gasteiger partial charge in [-0.05, 0) is 55.2 Å². The maximum absolute atomic E-state index is 12.8. The number of hydrogen-bond acceptors (Lipinski definition) is 5. The number of nitrogens with zero attached hydrogens (tertiary/aromatic N) is 1. The summed E-state index contributed by atoms with van der Waals surface area (Å²) in [6, 6.07) is 16.1. The first-order chi connectivity index (χ1) is 15.9. The predicted molar refractivity (Wildman–Crippen MR) is 120 cm³/mol. The molecule has 2 N–H and O–H groups in total. The number of hydrazine groups is 1. The molecule has 2 fully saturated rings. The van der Waals surface area contributed by atoms with Gasteiger partial charge in [-0.25, -0.2) is 9.59 Å². The predicted octanol–water partition coefficient (Wildman–Crippen LogP) is 2.97. The van der Waals surface area contributed by atoms with Crippen LogP contribution in [-0.4, -0.2) is 41.0 Å². The van der Waals surface area contributed by atoms with Gasteiger partial charge in [0.25, 0.3) is 11.8 Å². The Morgan fingerprint density at radius 2 is 1.73 bits per heavy atom. The fourth-order valence-corrected chi connectivity index (χ4v) is 4.37. The fourth-order valence-electron chi connectivity index (χ4n) is 4.37. The summed E-state index contributed by atoms with van der Waals surface area (Å²) in [5.41, 5.74) is 3.50. The lowest BCUT2D eigenvalue weighted by molar-refractivity contribution is -0.141. The standard InChI is InChI=1S/C25H27N3O5/c1-17-11-13-25(14-12-17)23(31)28(24(32)26-25)27-21(29)16-33-22(30)20-10-6-5-9-19(20)15-18-7-3-2-4-8-18/h2-10,17H,11-16H2,1H3,(H,26,32)(H,27,29). The summed E-state index contributed by atoms with van der Waals surface area (Å²) >= 11 is 0. The lowest BCUT2D eigenvalue weighted by atomic mass is 9.77. The van der Waals surface area contributed by atoms with E-state index < -0.39 is 36.0 Å². The van der Waals surface area contributed by atoms with Crippen LogP contribution in [0.4, 0.5) is 4.79 Å². The van der Waals surface area contributed by atoms with Gasteiger partial charge in [-0.15, -0.1) is 0 Å². The van der Waals surface area contributed by atoms with E-state index in [1.54, 1.807) is 12.1 Å². The van der Waals surface area contributed by atoms with Crippen LogP contribution in [0.3, 0.4) is 0 Å². The topological polar surface area (TPSA) is 105 Å². The molecule has 2 aromatic rings. The molecule has 0 unspecified atom stereocenters. The van der Waals surface area contributed by atoms with Crippen LogP contribution in [0.25, 0.3) is 0 Å². The molecule has 0 bridgehead atoms. The van der Waals surface area contributed by atoms with E-state index in [1.165, 1.54) is 0 Å². The van der Waals surface area contributed by atoms with Crippen LogP contribution in [0, 0.1) is 5.92 Å². The van der Waals surface area contributed by atoms with Crippen LogP contribution < -0.4 is 10.7 Å². The number of imide groups is 1. The SMILES string of the molecule is CC1CCC2(CC1)NC(=O)N(NC(=O)COC(=O)c1ccccc1Cc1ccccc1)C2=O. The van der Waals surface area contributed by atoms with Gasteiger partial charge < -0.3 is 10.1 Å². The van der Waals surface area contributed by atoms with E-state index in [1.807, 2.05) is 42.5 Å². The number of carbonyl (C=O) groups is 4. The number of carbonyl (C=O) groups excluding carboxylic acids is 4. The number of esters is 1. The smallest absolute Gasteiger partial charge is 0.344 e. The summed E-state index contributed by atoms with van der Waals surface area (Å²) in [7, 11) is 0. The zero-order valence-electron chi connectivity index (χ0n) is 18.5. The molecule has 1 aliphatic carbocycles. The monoisotopic (exact) mass is 449 g/mol. The van der Waals surface area contributed by atoms with Gasteiger partial charge >= 0.3 is 12.0 Å². The third-order valence-corrected chi connectivity index (χ3v) is 6.34. The van der Waals surface area contributed by atoms with Crippen LogP contribution in [0.2, 0.25) is 0 Å². The largest absolute Gasteiger partial charge is 0.452 e. The maximum atomic E-state index is 12.8. The lowest BCUT2D eigenvalue weighted by Crippen LogP contribution is -2.52. The number of urea groups is 1. The summed E-state index contributed by atoms with van der Waals surface area (Å²) in [6.45, 7) is 1.50. The van der Waals surface area contributed by atoms with Gasteiger partial charge in [-0.1, -0.05) is 55.5 Å². The molecule has 1 spiro atoms. The number of amides is 4. The maximum Gasteiger partial charge on any atom is 0.344 e. The van der Waals surface area contributed by atoms with Crippen molar-refractivity contribution in [2.45, 2.75) is 44.6 Å². The number of nitrogens with one attached hydrogen (secondary N) is 2. The molecule has 8 heteroatoms. The zero-order chi connectivity index (χ0) is 23.4. The molecule has 8 nitrogen and oxygen atoms in total. The summed E-state index contributed by atoms with van der Waals surface area (Å²) in [5, 5.41) is 3.44. The third kappa shape index (κ3) is 4.89. The highest BCUT2D eigenvalue weighted by Crippen LogP contribution is 2.35. The van der Waals surface area contributed by atoms with Crippen LogP contribution in [0.5, 0.6) is 0 Å². The Labute approximate surface area is 192 Å². The van der Waals surface area contributed by atoms with Gasteiger partial charge in [0, 0.05) is 0 Å². The van der Waals surface area contributed by atoms with Gasteiger partial charge in [-0.3, -0.25) is 15.0 Å². The number of rotatable bonds is 6. The van der Waals surface area contributed by atoms with E-state index in [0.717, 1.165) is 24.0 Å². The van der Waals surface area contributed by atoms with Crippen molar-refractivity contribution >= 4 is 23.8 Å². The molecule has 1 heterocycles. The van der Waals surface area contributed by atoms with Crippen LogP contribution in [0.15, 0.2) is 54.6 Å². The van der Waals surface area contributed by atoms with Crippen molar-refractivity contribution in [2.75, 3.05) is 6.61 Å². The summed E-state index contributed by atoms with van der Waals surface area (Å²) in [5.74, 6) is -1.37. The summed E-state index contributed by atoms with van der Waals surface area (Å²) in [6.07, 6.45) is 3.28. The second kappa shape index (κ2) is 9.44. The minimum Gasteiger partial charge on any atom is -0.452 e. The molecule has 0 aromatic heterocycles. The van der Waals surface area contributed by atoms with Crippen molar-refractivity contribution in [3.8, 4) is 0 Å². The van der Waals surface area contributed by atoms with Crippen LogP contribution >= 0.6 is 0 Å². The Kier molecular flexibility index (Phi) is 6.44. The van der Waals surface area contributed by atoms with Crippen molar-refractivity contribution in [2.24, 2.45) is 5.92 Å².